The molecule has 0 saturated carbocycles. The van der Waals surface area contributed by atoms with E-state index in [1.54, 1.807) is 24.5 Å². The van der Waals surface area contributed by atoms with Gasteiger partial charge in [-0.3, -0.25) is 24.7 Å². The lowest BCUT2D eigenvalue weighted by molar-refractivity contribution is -0.384. The molecule has 0 saturated heterocycles. The molecule has 8 nitrogen and oxygen atoms in total. The third-order valence-electron chi connectivity index (χ3n) is 2.70. The van der Waals surface area contributed by atoms with E-state index in [0.717, 1.165) is 5.56 Å². The molecule has 0 aliphatic rings. The minimum atomic E-state index is -0.899. The minimum absolute atomic E-state index is 0.162. The van der Waals surface area contributed by atoms with Gasteiger partial charge in [-0.1, -0.05) is 12.1 Å². The van der Waals surface area contributed by atoms with E-state index in [4.69, 9.17) is 0 Å². The fourth-order valence-corrected chi connectivity index (χ4v) is 1.65. The summed E-state index contributed by atoms with van der Waals surface area (Å²) in [5, 5.41) is 15.4. The molecule has 1 heterocycles. The van der Waals surface area contributed by atoms with Gasteiger partial charge in [-0.25, -0.2) is 0 Å². The standard InChI is InChI=1S/C14H12N4O4/c19-13(16-9-10-3-2-6-15-8-10)14(20)17-11-4-1-5-12(7-11)18(21)22/h1-8H,9H2,(H,16,19)(H,17,20). The van der Waals surface area contributed by atoms with E-state index in [0.29, 0.717) is 0 Å². The molecule has 8 heteroatoms. The van der Waals surface area contributed by atoms with Crippen LogP contribution in [0.5, 0.6) is 0 Å². The van der Waals surface area contributed by atoms with Crippen LogP contribution in [-0.2, 0) is 16.1 Å². The highest BCUT2D eigenvalue weighted by atomic mass is 16.6. The molecular weight excluding hydrogens is 288 g/mol. The molecule has 2 N–H and O–H groups in total. The first-order chi connectivity index (χ1) is 10.6. The molecule has 1 aromatic heterocycles. The van der Waals surface area contributed by atoms with Gasteiger partial charge in [-0.05, 0) is 17.7 Å². The number of hydrogen-bond donors (Lipinski definition) is 2. The Morgan fingerprint density at radius 1 is 1.18 bits per heavy atom. The van der Waals surface area contributed by atoms with Gasteiger partial charge in [0.1, 0.15) is 0 Å². The van der Waals surface area contributed by atoms with Crippen LogP contribution >= 0.6 is 0 Å². The highest BCUT2D eigenvalue weighted by Gasteiger charge is 2.14. The summed E-state index contributed by atoms with van der Waals surface area (Å²) in [7, 11) is 0. The number of benzene rings is 1. The van der Waals surface area contributed by atoms with Crippen molar-refractivity contribution in [2.75, 3.05) is 5.32 Å². The monoisotopic (exact) mass is 300 g/mol. The highest BCUT2D eigenvalue weighted by Crippen LogP contribution is 2.16. The van der Waals surface area contributed by atoms with Crippen LogP contribution in [0.1, 0.15) is 5.56 Å². The number of anilines is 1. The van der Waals surface area contributed by atoms with Crippen molar-refractivity contribution in [3.63, 3.8) is 0 Å². The average molecular weight is 300 g/mol. The molecule has 0 atom stereocenters. The minimum Gasteiger partial charge on any atom is -0.344 e. The van der Waals surface area contributed by atoms with Crippen molar-refractivity contribution in [3.05, 3.63) is 64.5 Å². The first kappa shape index (κ1) is 15.1. The van der Waals surface area contributed by atoms with Crippen LogP contribution in [0.15, 0.2) is 48.8 Å². The van der Waals surface area contributed by atoms with Crippen molar-refractivity contribution in [2.24, 2.45) is 0 Å². The maximum atomic E-state index is 11.7. The average Bonchev–Trinajstić information content (AvgIpc) is 2.53. The predicted molar refractivity (Wildman–Crippen MR) is 77.8 cm³/mol. The molecule has 0 unspecified atom stereocenters. The lowest BCUT2D eigenvalue weighted by atomic mass is 10.2. The molecule has 22 heavy (non-hydrogen) atoms. The second kappa shape index (κ2) is 6.93. The largest absolute Gasteiger partial charge is 0.344 e. The SMILES string of the molecule is O=C(NCc1cccnc1)C(=O)Nc1cccc([N+](=O)[O-])c1. The maximum Gasteiger partial charge on any atom is 0.313 e. The summed E-state index contributed by atoms with van der Waals surface area (Å²) in [5.41, 5.74) is 0.753. The van der Waals surface area contributed by atoms with Gasteiger partial charge in [0.25, 0.3) is 5.69 Å². The number of pyridine rings is 1. The Hall–Kier alpha value is -3.29. The number of amides is 2. The fourth-order valence-electron chi connectivity index (χ4n) is 1.65. The summed E-state index contributed by atoms with van der Waals surface area (Å²) in [6, 6.07) is 8.81. The smallest absolute Gasteiger partial charge is 0.313 e. The molecule has 0 radical (unpaired) electrons. The fraction of sp³-hybridized carbons (Fsp3) is 0.0714. The molecular formula is C14H12N4O4. The van der Waals surface area contributed by atoms with E-state index in [2.05, 4.69) is 15.6 Å². The number of rotatable bonds is 4. The third-order valence-corrected chi connectivity index (χ3v) is 2.70. The molecule has 112 valence electrons. The summed E-state index contributed by atoms with van der Waals surface area (Å²) < 4.78 is 0. The van der Waals surface area contributed by atoms with Gasteiger partial charge in [0.2, 0.25) is 0 Å². The molecule has 0 bridgehead atoms. The van der Waals surface area contributed by atoms with Crippen molar-refractivity contribution < 1.29 is 14.5 Å². The summed E-state index contributed by atoms with van der Waals surface area (Å²) in [4.78, 5) is 37.3. The first-order valence-corrected chi connectivity index (χ1v) is 6.29. The van der Waals surface area contributed by atoms with Crippen molar-refractivity contribution in [1.29, 1.82) is 0 Å². The van der Waals surface area contributed by atoms with Crippen molar-refractivity contribution in [2.45, 2.75) is 6.54 Å². The molecule has 0 spiro atoms. The zero-order chi connectivity index (χ0) is 15.9. The lowest BCUT2D eigenvalue weighted by Gasteiger charge is -2.06. The molecule has 2 aromatic rings. The molecule has 2 rings (SSSR count). The Kier molecular flexibility index (Phi) is 4.76. The second-order valence-electron chi connectivity index (χ2n) is 4.31. The van der Waals surface area contributed by atoms with Gasteiger partial charge < -0.3 is 10.6 Å². The van der Waals surface area contributed by atoms with E-state index in [9.17, 15) is 19.7 Å². The van der Waals surface area contributed by atoms with Crippen LogP contribution in [-0.4, -0.2) is 21.7 Å². The number of nitro groups is 1. The van der Waals surface area contributed by atoms with Crippen molar-refractivity contribution >= 4 is 23.2 Å². The van der Waals surface area contributed by atoms with Crippen LogP contribution in [0.2, 0.25) is 0 Å². The van der Waals surface area contributed by atoms with E-state index < -0.39 is 16.7 Å². The van der Waals surface area contributed by atoms with Crippen LogP contribution in [0.4, 0.5) is 11.4 Å². The first-order valence-electron chi connectivity index (χ1n) is 6.29. The Balaban J connectivity index is 1.92. The summed E-state index contributed by atoms with van der Waals surface area (Å²) in [5.74, 6) is -1.74. The number of nitrogens with one attached hydrogen (secondary N) is 2. The second-order valence-corrected chi connectivity index (χ2v) is 4.31. The highest BCUT2D eigenvalue weighted by molar-refractivity contribution is 6.39. The Labute approximate surface area is 125 Å². The number of hydrogen-bond acceptors (Lipinski definition) is 5. The van der Waals surface area contributed by atoms with Crippen LogP contribution in [0.3, 0.4) is 0 Å². The molecule has 2 amide bonds. The zero-order valence-electron chi connectivity index (χ0n) is 11.4. The summed E-state index contributed by atoms with van der Waals surface area (Å²) in [6.07, 6.45) is 3.17. The number of carbonyl (C=O) groups excluding carboxylic acids is 2. The molecule has 1 aromatic carbocycles. The molecule has 0 fully saturated rings. The quantitative estimate of drug-likeness (QED) is 0.501. The number of carbonyl (C=O) groups is 2. The topological polar surface area (TPSA) is 114 Å². The van der Waals surface area contributed by atoms with Gasteiger partial charge in [-0.2, -0.15) is 0 Å². The van der Waals surface area contributed by atoms with E-state index in [-0.39, 0.29) is 17.9 Å². The van der Waals surface area contributed by atoms with Gasteiger partial charge in [-0.15, -0.1) is 0 Å². The van der Waals surface area contributed by atoms with E-state index in [1.165, 1.54) is 24.3 Å². The van der Waals surface area contributed by atoms with Gasteiger partial charge in [0, 0.05) is 36.8 Å². The maximum absolute atomic E-state index is 11.7. The lowest BCUT2D eigenvalue weighted by Crippen LogP contribution is -2.34. The van der Waals surface area contributed by atoms with Gasteiger partial charge >= 0.3 is 11.8 Å². The normalized spacial score (nSPS) is 9.82. The third kappa shape index (κ3) is 4.10. The Morgan fingerprint density at radius 3 is 2.68 bits per heavy atom. The van der Waals surface area contributed by atoms with Crippen LogP contribution < -0.4 is 10.6 Å². The van der Waals surface area contributed by atoms with Gasteiger partial charge in [0.15, 0.2) is 0 Å². The van der Waals surface area contributed by atoms with Crippen molar-refractivity contribution in [1.82, 2.24) is 10.3 Å². The summed E-state index contributed by atoms with van der Waals surface area (Å²) in [6.45, 7) is 0.162. The Bertz CT molecular complexity index is 703. The zero-order valence-corrected chi connectivity index (χ0v) is 11.4. The number of nitro benzene ring substituents is 1. The molecule has 0 aliphatic carbocycles. The van der Waals surface area contributed by atoms with E-state index >= 15 is 0 Å². The van der Waals surface area contributed by atoms with Crippen LogP contribution in [0.25, 0.3) is 0 Å². The van der Waals surface area contributed by atoms with Crippen molar-refractivity contribution in [3.8, 4) is 0 Å². The Morgan fingerprint density at radius 2 is 2.00 bits per heavy atom. The summed E-state index contributed by atoms with van der Waals surface area (Å²) >= 11 is 0. The number of nitrogens with zero attached hydrogens (tertiary/aromatic N) is 2. The van der Waals surface area contributed by atoms with E-state index in [1.807, 2.05) is 0 Å². The predicted octanol–water partition coefficient (Wildman–Crippen LogP) is 1.24. The van der Waals surface area contributed by atoms with Crippen LogP contribution in [0, 0.1) is 10.1 Å². The molecule has 0 aliphatic heterocycles. The number of aromatic nitrogens is 1. The number of non-ortho nitro benzene ring substituents is 1. The van der Waals surface area contributed by atoms with Gasteiger partial charge in [0.05, 0.1) is 4.92 Å².